The maximum atomic E-state index is 12.6. The number of para-hydroxylation sites is 1. The molecule has 8 heteroatoms. The lowest BCUT2D eigenvalue weighted by Gasteiger charge is -2.13. The van der Waals surface area contributed by atoms with E-state index in [0.717, 1.165) is 0 Å². The number of esters is 1. The molecule has 2 aromatic heterocycles. The zero-order chi connectivity index (χ0) is 19.0. The van der Waals surface area contributed by atoms with Gasteiger partial charge >= 0.3 is 5.97 Å². The molecule has 4 aromatic rings. The summed E-state index contributed by atoms with van der Waals surface area (Å²) in [6.07, 6.45) is -0.817. The lowest BCUT2D eigenvalue weighted by Crippen LogP contribution is -2.20. The second kappa shape index (κ2) is 6.49. The first-order valence-electron chi connectivity index (χ1n) is 8.22. The number of rotatable bonds is 3. The molecule has 2 N–H and O–H groups in total. The van der Waals surface area contributed by atoms with Gasteiger partial charge in [0.15, 0.2) is 17.6 Å². The standard InChI is InChI=1S/C19H14N4O4/c1-10(16-20-14-9-5-4-8-13(14)17(24)21-16)27-19(26)15-11-6-2-3-7-12(11)18(25)23-22-15/h2-10H,1H3,(H,23,25)(H,20,21,24). The normalized spacial score (nSPS) is 12.2. The van der Waals surface area contributed by atoms with Gasteiger partial charge in [-0.1, -0.05) is 30.3 Å². The Bertz CT molecular complexity index is 1290. The zero-order valence-electron chi connectivity index (χ0n) is 14.2. The Hall–Kier alpha value is -3.81. The summed E-state index contributed by atoms with van der Waals surface area (Å²) in [5.74, 6) is -0.508. The number of hydrogen-bond donors (Lipinski definition) is 2. The number of ether oxygens (including phenoxy) is 1. The Morgan fingerprint density at radius 3 is 2.41 bits per heavy atom. The highest BCUT2D eigenvalue weighted by atomic mass is 16.5. The van der Waals surface area contributed by atoms with Crippen LogP contribution in [0.5, 0.6) is 0 Å². The molecule has 0 fully saturated rings. The van der Waals surface area contributed by atoms with E-state index >= 15 is 0 Å². The van der Waals surface area contributed by atoms with E-state index in [1.807, 2.05) is 0 Å². The molecule has 0 saturated heterocycles. The summed E-state index contributed by atoms with van der Waals surface area (Å²) in [6.45, 7) is 1.60. The smallest absolute Gasteiger partial charge is 0.360 e. The highest BCUT2D eigenvalue weighted by Gasteiger charge is 2.20. The molecule has 0 bridgehead atoms. The van der Waals surface area contributed by atoms with E-state index in [0.29, 0.717) is 21.7 Å². The summed E-state index contributed by atoms with van der Waals surface area (Å²) < 4.78 is 5.42. The fraction of sp³-hybridized carbons (Fsp3) is 0.105. The van der Waals surface area contributed by atoms with E-state index in [1.165, 1.54) is 0 Å². The van der Waals surface area contributed by atoms with Crippen LogP contribution in [0.25, 0.3) is 21.7 Å². The fourth-order valence-corrected chi connectivity index (χ4v) is 2.84. The SMILES string of the molecule is CC(OC(=O)c1n[nH]c(=O)c2ccccc12)c1nc2ccccc2c(=O)[nH]1. The van der Waals surface area contributed by atoms with E-state index in [2.05, 4.69) is 20.2 Å². The number of aromatic amines is 2. The number of nitrogens with one attached hydrogen (secondary N) is 2. The first-order chi connectivity index (χ1) is 13.0. The summed E-state index contributed by atoms with van der Waals surface area (Å²) in [6, 6.07) is 13.5. The zero-order valence-corrected chi connectivity index (χ0v) is 14.2. The molecular formula is C19H14N4O4. The van der Waals surface area contributed by atoms with E-state index in [9.17, 15) is 14.4 Å². The Morgan fingerprint density at radius 1 is 0.963 bits per heavy atom. The second-order valence-electron chi connectivity index (χ2n) is 5.96. The van der Waals surface area contributed by atoms with Gasteiger partial charge in [0.25, 0.3) is 11.1 Å². The molecule has 134 valence electrons. The molecule has 0 aliphatic rings. The van der Waals surface area contributed by atoms with Crippen LogP contribution in [0.1, 0.15) is 29.3 Å². The van der Waals surface area contributed by atoms with Crippen molar-refractivity contribution in [3.8, 4) is 0 Å². The van der Waals surface area contributed by atoms with E-state index in [4.69, 9.17) is 4.74 Å². The van der Waals surface area contributed by atoms with Crippen LogP contribution < -0.4 is 11.1 Å². The molecule has 0 saturated carbocycles. The Morgan fingerprint density at radius 2 is 1.63 bits per heavy atom. The molecule has 4 rings (SSSR count). The Labute approximate surface area is 151 Å². The van der Waals surface area contributed by atoms with Gasteiger partial charge in [-0.05, 0) is 25.1 Å². The van der Waals surface area contributed by atoms with Crippen LogP contribution in [-0.4, -0.2) is 26.1 Å². The number of aromatic nitrogens is 4. The van der Waals surface area contributed by atoms with Crippen molar-refractivity contribution in [3.63, 3.8) is 0 Å². The molecule has 1 atom stereocenters. The lowest BCUT2D eigenvalue weighted by atomic mass is 10.1. The predicted octanol–water partition coefficient (Wildman–Crippen LogP) is 2.08. The number of carbonyl (C=O) groups excluding carboxylic acids is 1. The van der Waals surface area contributed by atoms with Crippen LogP contribution in [0.2, 0.25) is 0 Å². The molecular weight excluding hydrogens is 348 g/mol. The minimum absolute atomic E-state index is 0.0137. The molecule has 0 spiro atoms. The Kier molecular flexibility index (Phi) is 4.00. The summed E-state index contributed by atoms with van der Waals surface area (Å²) >= 11 is 0. The maximum Gasteiger partial charge on any atom is 0.360 e. The van der Waals surface area contributed by atoms with Gasteiger partial charge in [-0.3, -0.25) is 9.59 Å². The molecule has 2 heterocycles. The van der Waals surface area contributed by atoms with Gasteiger partial charge < -0.3 is 9.72 Å². The molecule has 1 unspecified atom stereocenters. The first kappa shape index (κ1) is 16.6. The van der Waals surface area contributed by atoms with Gasteiger partial charge in [0.2, 0.25) is 0 Å². The molecule has 2 aromatic carbocycles. The molecule has 27 heavy (non-hydrogen) atoms. The second-order valence-corrected chi connectivity index (χ2v) is 5.96. The van der Waals surface area contributed by atoms with Crippen molar-refractivity contribution < 1.29 is 9.53 Å². The van der Waals surface area contributed by atoms with E-state index < -0.39 is 17.6 Å². The highest BCUT2D eigenvalue weighted by molar-refractivity contribution is 6.02. The van der Waals surface area contributed by atoms with Gasteiger partial charge in [0.1, 0.15) is 0 Å². The van der Waals surface area contributed by atoms with Crippen LogP contribution in [0.3, 0.4) is 0 Å². The number of benzene rings is 2. The largest absolute Gasteiger partial charge is 0.450 e. The van der Waals surface area contributed by atoms with Gasteiger partial charge in [-0.25, -0.2) is 14.9 Å². The Balaban J connectivity index is 1.69. The molecule has 8 nitrogen and oxygen atoms in total. The first-order valence-corrected chi connectivity index (χ1v) is 8.22. The van der Waals surface area contributed by atoms with Gasteiger partial charge in [-0.15, -0.1) is 0 Å². The van der Waals surface area contributed by atoms with Crippen molar-refractivity contribution >= 4 is 27.6 Å². The van der Waals surface area contributed by atoms with Crippen LogP contribution >= 0.6 is 0 Å². The average molecular weight is 362 g/mol. The van der Waals surface area contributed by atoms with E-state index in [1.54, 1.807) is 55.5 Å². The molecule has 0 radical (unpaired) electrons. The summed E-state index contributed by atoms with van der Waals surface area (Å²) in [4.78, 5) is 43.6. The minimum Gasteiger partial charge on any atom is -0.450 e. The summed E-state index contributed by atoms with van der Waals surface area (Å²) in [5, 5.41) is 7.28. The quantitative estimate of drug-likeness (QED) is 0.539. The third-order valence-corrected chi connectivity index (χ3v) is 4.19. The maximum absolute atomic E-state index is 12.6. The molecule has 0 amide bonds. The molecule has 0 aliphatic carbocycles. The number of hydrogen-bond acceptors (Lipinski definition) is 6. The lowest BCUT2D eigenvalue weighted by molar-refractivity contribution is 0.0314. The van der Waals surface area contributed by atoms with Crippen molar-refractivity contribution in [2.45, 2.75) is 13.0 Å². The van der Waals surface area contributed by atoms with Crippen molar-refractivity contribution in [2.75, 3.05) is 0 Å². The fourth-order valence-electron chi connectivity index (χ4n) is 2.84. The van der Waals surface area contributed by atoms with Crippen LogP contribution in [0, 0.1) is 0 Å². The number of carbonyl (C=O) groups is 1. The van der Waals surface area contributed by atoms with Crippen molar-refractivity contribution in [3.05, 3.63) is 80.8 Å². The average Bonchev–Trinajstić information content (AvgIpc) is 2.68. The third kappa shape index (κ3) is 2.97. The van der Waals surface area contributed by atoms with E-state index in [-0.39, 0.29) is 17.1 Å². The number of H-pyrrole nitrogens is 2. The highest BCUT2D eigenvalue weighted by Crippen LogP contribution is 2.19. The van der Waals surface area contributed by atoms with Crippen molar-refractivity contribution in [1.29, 1.82) is 0 Å². The monoisotopic (exact) mass is 362 g/mol. The minimum atomic E-state index is -0.817. The van der Waals surface area contributed by atoms with Gasteiger partial charge in [0, 0.05) is 5.39 Å². The third-order valence-electron chi connectivity index (χ3n) is 4.19. The number of nitrogens with zero attached hydrogens (tertiary/aromatic N) is 2. The number of fused-ring (bicyclic) bond motifs is 2. The van der Waals surface area contributed by atoms with Crippen molar-refractivity contribution in [2.24, 2.45) is 0 Å². The summed E-state index contributed by atoms with van der Waals surface area (Å²) in [7, 11) is 0. The van der Waals surface area contributed by atoms with Crippen molar-refractivity contribution in [1.82, 2.24) is 20.2 Å². The van der Waals surface area contributed by atoms with Crippen LogP contribution in [0.15, 0.2) is 58.1 Å². The molecule has 0 aliphatic heterocycles. The summed E-state index contributed by atoms with van der Waals surface area (Å²) in [5.41, 5.74) is -0.214. The van der Waals surface area contributed by atoms with Crippen LogP contribution in [-0.2, 0) is 4.74 Å². The topological polar surface area (TPSA) is 118 Å². The van der Waals surface area contributed by atoms with Gasteiger partial charge in [-0.2, -0.15) is 5.10 Å². The van der Waals surface area contributed by atoms with Crippen LogP contribution in [0.4, 0.5) is 0 Å². The predicted molar refractivity (Wildman–Crippen MR) is 98.6 cm³/mol. The van der Waals surface area contributed by atoms with Gasteiger partial charge in [0.05, 0.1) is 16.3 Å².